The Balaban J connectivity index is 1.51. The van der Waals surface area contributed by atoms with Crippen molar-refractivity contribution in [3.63, 3.8) is 0 Å². The normalized spacial score (nSPS) is 18.4. The fourth-order valence-corrected chi connectivity index (χ4v) is 5.21. The largest absolute Gasteiger partial charge is 0.352 e. The molecule has 0 unspecified atom stereocenters. The Morgan fingerprint density at radius 2 is 1.68 bits per heavy atom. The second kappa shape index (κ2) is 8.40. The average Bonchev–Trinajstić information content (AvgIpc) is 2.92. The number of fused-ring (bicyclic) bond motifs is 1. The molecule has 2 heterocycles. The van der Waals surface area contributed by atoms with E-state index in [1.165, 1.54) is 4.31 Å². The van der Waals surface area contributed by atoms with E-state index >= 15 is 0 Å². The van der Waals surface area contributed by atoms with Crippen molar-refractivity contribution in [1.29, 1.82) is 0 Å². The maximum absolute atomic E-state index is 12.3. The molecule has 152 valence electrons. The van der Waals surface area contributed by atoms with Gasteiger partial charge in [-0.3, -0.25) is 19.3 Å². The SMILES string of the molecule is CCCCS(=O)(=O)N1CCC(NC(=O)CN2C(=O)c3ccccc3C2=O)CC1. The van der Waals surface area contributed by atoms with Crippen LogP contribution in [-0.2, 0) is 14.8 Å². The number of hydrogen-bond acceptors (Lipinski definition) is 5. The molecule has 8 nitrogen and oxygen atoms in total. The third-order valence-corrected chi connectivity index (χ3v) is 7.10. The van der Waals surface area contributed by atoms with Crippen molar-refractivity contribution in [2.24, 2.45) is 0 Å². The van der Waals surface area contributed by atoms with Crippen molar-refractivity contribution >= 4 is 27.7 Å². The summed E-state index contributed by atoms with van der Waals surface area (Å²) in [5.41, 5.74) is 0.622. The molecule has 1 saturated heterocycles. The van der Waals surface area contributed by atoms with Crippen LogP contribution in [0.4, 0.5) is 0 Å². The summed E-state index contributed by atoms with van der Waals surface area (Å²) < 4.78 is 26.0. The molecule has 0 bridgehead atoms. The molecule has 3 amide bonds. The van der Waals surface area contributed by atoms with Crippen LogP contribution in [0.1, 0.15) is 53.3 Å². The highest BCUT2D eigenvalue weighted by Gasteiger charge is 2.36. The van der Waals surface area contributed by atoms with E-state index in [2.05, 4.69) is 5.32 Å². The summed E-state index contributed by atoms with van der Waals surface area (Å²) in [6, 6.07) is 6.33. The maximum atomic E-state index is 12.3. The molecule has 0 aromatic heterocycles. The molecule has 2 aliphatic heterocycles. The second-order valence-corrected chi connectivity index (χ2v) is 9.24. The predicted octanol–water partition coefficient (Wildman–Crippen LogP) is 0.993. The first-order valence-electron chi connectivity index (χ1n) is 9.56. The molecule has 0 spiro atoms. The summed E-state index contributed by atoms with van der Waals surface area (Å²) >= 11 is 0. The van der Waals surface area contributed by atoms with Gasteiger partial charge in [-0.15, -0.1) is 0 Å². The quantitative estimate of drug-likeness (QED) is 0.679. The number of unbranched alkanes of at least 4 members (excludes halogenated alkanes) is 1. The Hall–Kier alpha value is -2.26. The molecule has 0 saturated carbocycles. The van der Waals surface area contributed by atoms with E-state index in [-0.39, 0.29) is 18.3 Å². The van der Waals surface area contributed by atoms with Gasteiger partial charge in [0.05, 0.1) is 16.9 Å². The Labute approximate surface area is 164 Å². The van der Waals surface area contributed by atoms with Crippen LogP contribution in [-0.4, -0.2) is 66.8 Å². The number of hydrogen-bond donors (Lipinski definition) is 1. The van der Waals surface area contributed by atoms with Gasteiger partial charge in [0.1, 0.15) is 6.54 Å². The molecule has 9 heteroatoms. The molecule has 1 fully saturated rings. The Morgan fingerprint density at radius 1 is 1.11 bits per heavy atom. The Morgan fingerprint density at radius 3 is 2.21 bits per heavy atom. The van der Waals surface area contributed by atoms with E-state index in [0.29, 0.717) is 43.5 Å². The molecular formula is C19H25N3O5S. The van der Waals surface area contributed by atoms with Gasteiger partial charge < -0.3 is 5.32 Å². The minimum absolute atomic E-state index is 0.153. The molecule has 1 aromatic carbocycles. The minimum atomic E-state index is -3.24. The van der Waals surface area contributed by atoms with Gasteiger partial charge >= 0.3 is 0 Å². The number of imide groups is 1. The molecular weight excluding hydrogens is 382 g/mol. The summed E-state index contributed by atoms with van der Waals surface area (Å²) in [6.45, 7) is 2.35. The predicted molar refractivity (Wildman–Crippen MR) is 103 cm³/mol. The van der Waals surface area contributed by atoms with Crippen LogP contribution in [0.2, 0.25) is 0 Å². The zero-order valence-corrected chi connectivity index (χ0v) is 16.7. The highest BCUT2D eigenvalue weighted by Crippen LogP contribution is 2.22. The van der Waals surface area contributed by atoms with Crippen LogP contribution in [0, 0.1) is 0 Å². The number of carbonyl (C=O) groups is 3. The fraction of sp³-hybridized carbons (Fsp3) is 0.526. The fourth-order valence-electron chi connectivity index (χ4n) is 3.53. The number of carbonyl (C=O) groups excluding carboxylic acids is 3. The van der Waals surface area contributed by atoms with Crippen LogP contribution in [0.3, 0.4) is 0 Å². The second-order valence-electron chi connectivity index (χ2n) is 7.15. The van der Waals surface area contributed by atoms with Crippen LogP contribution in [0.25, 0.3) is 0 Å². The van der Waals surface area contributed by atoms with Gasteiger partial charge in [0.15, 0.2) is 0 Å². The highest BCUT2D eigenvalue weighted by atomic mass is 32.2. The van der Waals surface area contributed by atoms with Crippen LogP contribution in [0.5, 0.6) is 0 Å². The number of piperidine rings is 1. The Bertz CT molecular complexity index is 840. The number of rotatable bonds is 7. The molecule has 3 rings (SSSR count). The third-order valence-electron chi connectivity index (χ3n) is 5.15. The number of benzene rings is 1. The smallest absolute Gasteiger partial charge is 0.262 e. The molecule has 1 aromatic rings. The summed E-state index contributed by atoms with van der Waals surface area (Å²) in [6.07, 6.45) is 2.49. The maximum Gasteiger partial charge on any atom is 0.262 e. The molecule has 2 aliphatic rings. The van der Waals surface area contributed by atoms with E-state index in [1.54, 1.807) is 24.3 Å². The van der Waals surface area contributed by atoms with Gasteiger partial charge in [0, 0.05) is 19.1 Å². The van der Waals surface area contributed by atoms with E-state index in [9.17, 15) is 22.8 Å². The number of nitrogens with one attached hydrogen (secondary N) is 1. The van der Waals surface area contributed by atoms with Crippen molar-refractivity contribution in [1.82, 2.24) is 14.5 Å². The van der Waals surface area contributed by atoms with Gasteiger partial charge in [-0.25, -0.2) is 12.7 Å². The van der Waals surface area contributed by atoms with Crippen LogP contribution >= 0.6 is 0 Å². The number of amides is 3. The standard InChI is InChI=1S/C19H25N3O5S/c1-2-3-12-28(26,27)21-10-8-14(9-11-21)20-17(23)13-22-18(24)15-6-4-5-7-16(15)19(22)25/h4-7,14H,2-3,8-13H2,1H3,(H,20,23). The lowest BCUT2D eigenvalue weighted by Gasteiger charge is -2.31. The van der Waals surface area contributed by atoms with Crippen molar-refractivity contribution in [3.8, 4) is 0 Å². The van der Waals surface area contributed by atoms with E-state index in [4.69, 9.17) is 0 Å². The summed E-state index contributed by atoms with van der Waals surface area (Å²) in [5.74, 6) is -1.19. The minimum Gasteiger partial charge on any atom is -0.352 e. The molecule has 0 radical (unpaired) electrons. The van der Waals surface area contributed by atoms with Gasteiger partial charge in [-0.1, -0.05) is 25.5 Å². The van der Waals surface area contributed by atoms with Gasteiger partial charge in [0.2, 0.25) is 15.9 Å². The first-order chi connectivity index (χ1) is 13.3. The lowest BCUT2D eigenvalue weighted by molar-refractivity contribution is -0.122. The first-order valence-corrected chi connectivity index (χ1v) is 11.2. The lowest BCUT2D eigenvalue weighted by atomic mass is 10.1. The third kappa shape index (κ3) is 4.25. The topological polar surface area (TPSA) is 104 Å². The molecule has 28 heavy (non-hydrogen) atoms. The average molecular weight is 407 g/mol. The monoisotopic (exact) mass is 407 g/mol. The van der Waals surface area contributed by atoms with Gasteiger partial charge in [-0.05, 0) is 31.4 Å². The Kier molecular flexibility index (Phi) is 6.14. The molecule has 0 atom stereocenters. The lowest BCUT2D eigenvalue weighted by Crippen LogP contribution is -2.49. The zero-order valence-electron chi connectivity index (χ0n) is 15.9. The highest BCUT2D eigenvalue weighted by molar-refractivity contribution is 7.89. The molecule has 0 aliphatic carbocycles. The van der Waals surface area contributed by atoms with Gasteiger partial charge in [-0.2, -0.15) is 0 Å². The van der Waals surface area contributed by atoms with Crippen LogP contribution in [0.15, 0.2) is 24.3 Å². The first kappa shape index (κ1) is 20.5. The number of nitrogens with zero attached hydrogens (tertiary/aromatic N) is 2. The van der Waals surface area contributed by atoms with Gasteiger partial charge in [0.25, 0.3) is 11.8 Å². The van der Waals surface area contributed by atoms with E-state index in [0.717, 1.165) is 11.3 Å². The molecule has 1 N–H and O–H groups in total. The van der Waals surface area contributed by atoms with Crippen molar-refractivity contribution < 1.29 is 22.8 Å². The van der Waals surface area contributed by atoms with E-state index in [1.807, 2.05) is 6.92 Å². The van der Waals surface area contributed by atoms with Crippen molar-refractivity contribution in [2.75, 3.05) is 25.4 Å². The van der Waals surface area contributed by atoms with Crippen LogP contribution < -0.4 is 5.32 Å². The number of sulfonamides is 1. The summed E-state index contributed by atoms with van der Waals surface area (Å²) in [4.78, 5) is 37.9. The van der Waals surface area contributed by atoms with Crippen molar-refractivity contribution in [3.05, 3.63) is 35.4 Å². The summed E-state index contributed by atoms with van der Waals surface area (Å²) in [5, 5.41) is 2.82. The van der Waals surface area contributed by atoms with Crippen molar-refractivity contribution in [2.45, 2.75) is 38.6 Å². The van der Waals surface area contributed by atoms with E-state index < -0.39 is 27.7 Å². The summed E-state index contributed by atoms with van der Waals surface area (Å²) in [7, 11) is -3.24. The zero-order chi connectivity index (χ0) is 20.3.